The number of aliphatic hydroxyl groups is 3. The number of carbonyl (C=O) groups is 2. The van der Waals surface area contributed by atoms with Crippen molar-refractivity contribution in [2.45, 2.75) is 173 Å². The van der Waals surface area contributed by atoms with Gasteiger partial charge >= 0.3 is 19.8 Å². The van der Waals surface area contributed by atoms with E-state index in [9.17, 15) is 34.4 Å². The lowest BCUT2D eigenvalue weighted by atomic mass is 10.1. The molecule has 13 heteroatoms. The third-order valence-corrected chi connectivity index (χ3v) is 10.1. The van der Waals surface area contributed by atoms with Gasteiger partial charge in [-0.2, -0.15) is 0 Å². The van der Waals surface area contributed by atoms with E-state index >= 15 is 0 Å². The molecule has 1 unspecified atom stereocenters. The molecule has 0 aliphatic rings. The van der Waals surface area contributed by atoms with Crippen molar-refractivity contribution >= 4 is 19.8 Å². The first-order chi connectivity index (χ1) is 29.0. The number of phosphoric ester groups is 1. The lowest BCUT2D eigenvalue weighted by Crippen LogP contribution is -2.30. The van der Waals surface area contributed by atoms with Crippen LogP contribution in [0.5, 0.6) is 0 Å². The number of allylic oxidation sites excluding steroid dienone is 11. The van der Waals surface area contributed by atoms with E-state index in [1.165, 1.54) is 63.9 Å². The summed E-state index contributed by atoms with van der Waals surface area (Å²) in [5.74, 6) is -1.17. The van der Waals surface area contributed by atoms with Gasteiger partial charge in [-0.25, -0.2) is 4.57 Å². The minimum atomic E-state index is -4.48. The molecule has 0 aliphatic heterocycles. The van der Waals surface area contributed by atoms with E-state index < -0.39 is 50.8 Å². The Hall–Kier alpha value is -2.93. The number of hydrogen-bond acceptors (Lipinski definition) is 11. The Balaban J connectivity index is 4.46. The first kappa shape index (κ1) is 57.1. The lowest BCUT2D eigenvalue weighted by Gasteiger charge is -2.20. The number of phosphoric acid groups is 1. The zero-order chi connectivity index (χ0) is 44.4. The third-order valence-electron chi connectivity index (χ3n) is 9.11. The van der Waals surface area contributed by atoms with E-state index in [2.05, 4.69) is 31.2 Å². The third kappa shape index (κ3) is 39.2. The van der Waals surface area contributed by atoms with Crippen molar-refractivity contribution in [2.75, 3.05) is 26.4 Å². The highest BCUT2D eigenvalue weighted by molar-refractivity contribution is 7.47. The maximum atomic E-state index is 12.6. The molecule has 0 aromatic carbocycles. The molecule has 0 heterocycles. The number of ether oxygens (including phenoxy) is 2. The SMILES string of the molecule is CC/C=C\C[C@H](O)/C=C/C=C/C=C\C=C/[C@@H](O)[C@H](O)CCCC(=O)O[C@H](COC(=O)CCCCCCCCCCC/C=C\C/C=C\CCCCC)COP(=O)(O)OCCN. The van der Waals surface area contributed by atoms with Crippen molar-refractivity contribution in [3.05, 3.63) is 85.1 Å². The van der Waals surface area contributed by atoms with Crippen LogP contribution < -0.4 is 5.73 Å². The van der Waals surface area contributed by atoms with Gasteiger partial charge in [-0.3, -0.25) is 18.6 Å². The van der Waals surface area contributed by atoms with Gasteiger partial charge in [0.1, 0.15) is 6.61 Å². The van der Waals surface area contributed by atoms with Crippen LogP contribution in [0.15, 0.2) is 85.1 Å². The quantitative estimate of drug-likeness (QED) is 0.0129. The molecule has 0 amide bonds. The van der Waals surface area contributed by atoms with Crippen LogP contribution in [0, 0.1) is 0 Å². The molecule has 0 aromatic rings. The highest BCUT2D eigenvalue weighted by Crippen LogP contribution is 2.43. The fourth-order valence-electron chi connectivity index (χ4n) is 5.65. The zero-order valence-corrected chi connectivity index (χ0v) is 37.6. The van der Waals surface area contributed by atoms with Gasteiger partial charge in [-0.15, -0.1) is 0 Å². The minimum absolute atomic E-state index is 0.00762. The molecule has 5 atom stereocenters. The summed E-state index contributed by atoms with van der Waals surface area (Å²) in [6.45, 7) is 3.09. The minimum Gasteiger partial charge on any atom is -0.462 e. The summed E-state index contributed by atoms with van der Waals surface area (Å²) in [5.41, 5.74) is 5.33. The largest absolute Gasteiger partial charge is 0.472 e. The monoisotopic (exact) mass is 866 g/mol. The number of unbranched alkanes of at least 4 members (excludes halogenated alkanes) is 12. The smallest absolute Gasteiger partial charge is 0.462 e. The van der Waals surface area contributed by atoms with Gasteiger partial charge in [0, 0.05) is 19.4 Å². The van der Waals surface area contributed by atoms with Crippen LogP contribution in [0.2, 0.25) is 0 Å². The highest BCUT2D eigenvalue weighted by Gasteiger charge is 2.26. The average Bonchev–Trinajstić information content (AvgIpc) is 3.22. The molecule has 0 saturated carbocycles. The van der Waals surface area contributed by atoms with Gasteiger partial charge in [0.05, 0.1) is 31.5 Å². The first-order valence-corrected chi connectivity index (χ1v) is 23.9. The summed E-state index contributed by atoms with van der Waals surface area (Å²) in [6, 6.07) is 0. The van der Waals surface area contributed by atoms with E-state index in [1.807, 2.05) is 19.1 Å². The summed E-state index contributed by atoms with van der Waals surface area (Å²) >= 11 is 0. The van der Waals surface area contributed by atoms with E-state index in [0.29, 0.717) is 12.8 Å². The topological polar surface area (TPSA) is 195 Å². The molecular weight excluding hydrogens is 785 g/mol. The van der Waals surface area contributed by atoms with Crippen LogP contribution in [0.25, 0.3) is 0 Å². The number of nitrogens with two attached hydrogens (primary N) is 1. The van der Waals surface area contributed by atoms with Crippen molar-refractivity contribution < 1.29 is 52.9 Å². The van der Waals surface area contributed by atoms with Crippen LogP contribution in [0.3, 0.4) is 0 Å². The predicted molar refractivity (Wildman–Crippen MR) is 242 cm³/mol. The van der Waals surface area contributed by atoms with Crippen molar-refractivity contribution in [1.29, 1.82) is 0 Å². The average molecular weight is 866 g/mol. The maximum absolute atomic E-state index is 12.6. The zero-order valence-electron chi connectivity index (χ0n) is 36.7. The van der Waals surface area contributed by atoms with Gasteiger partial charge < -0.3 is 35.4 Å². The molecule has 0 rings (SSSR count). The molecular formula is C47H80NO11P. The van der Waals surface area contributed by atoms with Crippen LogP contribution in [-0.2, 0) is 32.7 Å². The highest BCUT2D eigenvalue weighted by atomic mass is 31.2. The molecule has 0 bridgehead atoms. The summed E-state index contributed by atoms with van der Waals surface area (Å²) < 4.78 is 32.5. The second kappa shape index (κ2) is 41.4. The number of carbonyl (C=O) groups excluding carboxylic acids is 2. The van der Waals surface area contributed by atoms with E-state index in [0.717, 1.165) is 38.5 Å². The maximum Gasteiger partial charge on any atom is 0.472 e. The fraction of sp³-hybridized carbons (Fsp3) is 0.660. The molecule has 0 fully saturated rings. The molecule has 12 nitrogen and oxygen atoms in total. The molecule has 344 valence electrons. The molecule has 6 N–H and O–H groups in total. The van der Waals surface area contributed by atoms with Crippen LogP contribution in [-0.4, -0.2) is 82.9 Å². The Kier molecular flexibility index (Phi) is 39.4. The molecule has 0 radical (unpaired) electrons. The Bertz CT molecular complexity index is 1310. The van der Waals surface area contributed by atoms with E-state index in [-0.39, 0.29) is 45.4 Å². The van der Waals surface area contributed by atoms with Gasteiger partial charge in [0.15, 0.2) is 6.10 Å². The van der Waals surface area contributed by atoms with Crippen molar-refractivity contribution in [3.63, 3.8) is 0 Å². The Morgan fingerprint density at radius 2 is 1.23 bits per heavy atom. The second-order valence-electron chi connectivity index (χ2n) is 14.7. The standard InChI is InChI=1S/C47H80NO11P/c1-3-5-7-8-9-10-11-12-13-14-15-16-17-18-19-20-21-26-30-36-46(52)56-40-43(41-58-60(54,55)57-39-38-48)59-47(53)37-31-35-45(51)44(50)34-29-25-23-22-24-28-33-42(49)32-27-6-4-2/h6,9-10,12-13,22-25,27-29,33-34,42-45,49-51H,3-5,7-8,11,14-21,26,30-32,35-41,48H2,1-2H3,(H,54,55)/b10-9-,13-12-,24-22+,25-23-,27-6-,33-28+,34-29-/t42-,43+,44+,45+/m0/s1. The van der Waals surface area contributed by atoms with Gasteiger partial charge in [-0.1, -0.05) is 157 Å². The number of aliphatic hydroxyl groups excluding tert-OH is 3. The van der Waals surface area contributed by atoms with Crippen LogP contribution in [0.4, 0.5) is 0 Å². The van der Waals surface area contributed by atoms with Crippen molar-refractivity contribution in [1.82, 2.24) is 0 Å². The van der Waals surface area contributed by atoms with Crippen LogP contribution in [0.1, 0.15) is 149 Å². The van der Waals surface area contributed by atoms with E-state index in [4.69, 9.17) is 24.3 Å². The van der Waals surface area contributed by atoms with Crippen molar-refractivity contribution in [2.24, 2.45) is 5.73 Å². The normalized spacial score (nSPS) is 15.7. The summed E-state index contributed by atoms with van der Waals surface area (Å²) in [7, 11) is -4.48. The molecule has 0 aromatic heterocycles. The Labute approximate surface area is 362 Å². The Morgan fingerprint density at radius 1 is 0.650 bits per heavy atom. The summed E-state index contributed by atoms with van der Waals surface area (Å²) in [5, 5.41) is 30.4. The van der Waals surface area contributed by atoms with Gasteiger partial charge in [-0.05, 0) is 64.2 Å². The van der Waals surface area contributed by atoms with Crippen LogP contribution >= 0.6 is 7.82 Å². The molecule has 0 spiro atoms. The molecule has 0 aliphatic carbocycles. The number of esters is 2. The van der Waals surface area contributed by atoms with Crippen molar-refractivity contribution in [3.8, 4) is 0 Å². The number of rotatable bonds is 40. The second-order valence-corrected chi connectivity index (χ2v) is 16.2. The summed E-state index contributed by atoms with van der Waals surface area (Å²) in [4.78, 5) is 35.0. The van der Waals surface area contributed by atoms with E-state index in [1.54, 1.807) is 42.5 Å². The fourth-order valence-corrected chi connectivity index (χ4v) is 6.42. The predicted octanol–water partition coefficient (Wildman–Crippen LogP) is 9.74. The number of hydrogen-bond donors (Lipinski definition) is 5. The Morgan fingerprint density at radius 3 is 1.87 bits per heavy atom. The van der Waals surface area contributed by atoms with Gasteiger partial charge in [0.25, 0.3) is 0 Å². The first-order valence-electron chi connectivity index (χ1n) is 22.4. The molecule has 60 heavy (non-hydrogen) atoms. The lowest BCUT2D eigenvalue weighted by molar-refractivity contribution is -0.161. The van der Waals surface area contributed by atoms with Gasteiger partial charge in [0.2, 0.25) is 0 Å². The summed E-state index contributed by atoms with van der Waals surface area (Å²) in [6.07, 6.45) is 41.3. The molecule has 0 saturated heterocycles.